The van der Waals surface area contributed by atoms with Crippen LogP contribution in [0.3, 0.4) is 0 Å². The molecule has 108 valence electrons. The van der Waals surface area contributed by atoms with Gasteiger partial charge in [0.1, 0.15) is 5.75 Å². The zero-order chi connectivity index (χ0) is 14.4. The lowest BCUT2D eigenvalue weighted by molar-refractivity contribution is 0.317. The Morgan fingerprint density at radius 2 is 1.95 bits per heavy atom. The summed E-state index contributed by atoms with van der Waals surface area (Å²) < 4.78 is 10.8. The van der Waals surface area contributed by atoms with E-state index in [0.29, 0.717) is 5.22 Å². The first-order valence-corrected chi connectivity index (χ1v) is 7.33. The molecule has 0 radical (unpaired) electrons. The van der Waals surface area contributed by atoms with Crippen LogP contribution in [-0.4, -0.2) is 13.2 Å². The summed E-state index contributed by atoms with van der Waals surface area (Å²) in [5, 5.41) is 3.85. The van der Waals surface area contributed by atoms with Crippen molar-refractivity contribution in [2.24, 2.45) is 0 Å². The minimum Gasteiger partial charge on any atom is -0.494 e. The molecule has 2 aromatic rings. The molecular formula is C16H20ClNO2. The van der Waals surface area contributed by atoms with Gasteiger partial charge in [0, 0.05) is 5.56 Å². The van der Waals surface area contributed by atoms with Gasteiger partial charge < -0.3 is 14.5 Å². The zero-order valence-electron chi connectivity index (χ0n) is 11.9. The first-order chi connectivity index (χ1) is 9.76. The standard InChI is InChI=1S/C16H20ClNO2/c1-3-10-19-13-7-5-12(6-8-13)15(18-4-2)14-9-11-20-16(14)17/h5-9,11,15,18H,3-4,10H2,1-2H3. The number of benzene rings is 1. The summed E-state index contributed by atoms with van der Waals surface area (Å²) in [4.78, 5) is 0. The topological polar surface area (TPSA) is 34.4 Å². The largest absolute Gasteiger partial charge is 0.494 e. The van der Waals surface area contributed by atoms with Gasteiger partial charge >= 0.3 is 0 Å². The minimum absolute atomic E-state index is 0.0338. The molecule has 2 rings (SSSR count). The van der Waals surface area contributed by atoms with E-state index in [2.05, 4.69) is 31.3 Å². The van der Waals surface area contributed by atoms with E-state index in [-0.39, 0.29) is 6.04 Å². The summed E-state index contributed by atoms with van der Waals surface area (Å²) in [5.74, 6) is 0.893. The van der Waals surface area contributed by atoms with Crippen LogP contribution in [0.15, 0.2) is 41.0 Å². The van der Waals surface area contributed by atoms with Crippen molar-refractivity contribution in [1.82, 2.24) is 5.32 Å². The van der Waals surface area contributed by atoms with Gasteiger partial charge in [0.25, 0.3) is 0 Å². The van der Waals surface area contributed by atoms with Crippen LogP contribution in [0.2, 0.25) is 5.22 Å². The van der Waals surface area contributed by atoms with E-state index in [1.807, 2.05) is 18.2 Å². The highest BCUT2D eigenvalue weighted by molar-refractivity contribution is 6.29. The minimum atomic E-state index is 0.0338. The molecule has 1 unspecified atom stereocenters. The number of rotatable bonds is 7. The van der Waals surface area contributed by atoms with Gasteiger partial charge in [0.05, 0.1) is 18.9 Å². The highest BCUT2D eigenvalue weighted by Gasteiger charge is 2.18. The summed E-state index contributed by atoms with van der Waals surface area (Å²) >= 11 is 6.09. The van der Waals surface area contributed by atoms with E-state index in [0.717, 1.165) is 36.4 Å². The monoisotopic (exact) mass is 293 g/mol. The average molecular weight is 294 g/mol. The fourth-order valence-electron chi connectivity index (χ4n) is 2.10. The Labute approximate surface area is 124 Å². The molecule has 4 heteroatoms. The first kappa shape index (κ1) is 14.9. The maximum atomic E-state index is 6.09. The third-order valence-electron chi connectivity index (χ3n) is 3.05. The predicted octanol–water partition coefficient (Wildman–Crippen LogP) is 4.42. The summed E-state index contributed by atoms with van der Waals surface area (Å²) in [7, 11) is 0. The second-order valence-corrected chi connectivity index (χ2v) is 4.90. The van der Waals surface area contributed by atoms with E-state index in [1.165, 1.54) is 0 Å². The Bertz CT molecular complexity index is 522. The van der Waals surface area contributed by atoms with Gasteiger partial charge in [0.2, 0.25) is 0 Å². The third-order valence-corrected chi connectivity index (χ3v) is 3.36. The van der Waals surface area contributed by atoms with Crippen molar-refractivity contribution in [2.75, 3.05) is 13.2 Å². The summed E-state index contributed by atoms with van der Waals surface area (Å²) in [6, 6.07) is 10.0. The summed E-state index contributed by atoms with van der Waals surface area (Å²) in [6.45, 7) is 5.75. The molecule has 1 aromatic carbocycles. The maximum Gasteiger partial charge on any atom is 0.198 e. The molecule has 1 atom stereocenters. The molecule has 0 bridgehead atoms. The number of halogens is 1. The SMILES string of the molecule is CCCOc1ccc(C(NCC)c2ccoc2Cl)cc1. The lowest BCUT2D eigenvalue weighted by Gasteiger charge is -2.18. The smallest absolute Gasteiger partial charge is 0.198 e. The van der Waals surface area contributed by atoms with Crippen molar-refractivity contribution in [3.05, 3.63) is 52.9 Å². The molecule has 0 aliphatic rings. The molecule has 0 spiro atoms. The number of ether oxygens (including phenoxy) is 1. The van der Waals surface area contributed by atoms with Gasteiger partial charge in [-0.05, 0) is 48.3 Å². The van der Waals surface area contributed by atoms with Gasteiger partial charge in [0.15, 0.2) is 5.22 Å². The van der Waals surface area contributed by atoms with Crippen molar-refractivity contribution in [2.45, 2.75) is 26.3 Å². The molecule has 1 heterocycles. The van der Waals surface area contributed by atoms with E-state index >= 15 is 0 Å². The molecule has 0 amide bonds. The van der Waals surface area contributed by atoms with Crippen LogP contribution in [0.1, 0.15) is 37.4 Å². The Kier molecular flexibility index (Phi) is 5.50. The average Bonchev–Trinajstić information content (AvgIpc) is 2.89. The number of hydrogen-bond acceptors (Lipinski definition) is 3. The van der Waals surface area contributed by atoms with Crippen LogP contribution in [0.4, 0.5) is 0 Å². The molecule has 0 aliphatic carbocycles. The van der Waals surface area contributed by atoms with Crippen molar-refractivity contribution in [3.63, 3.8) is 0 Å². The lowest BCUT2D eigenvalue weighted by atomic mass is 10.0. The summed E-state index contributed by atoms with van der Waals surface area (Å²) in [5.41, 5.74) is 2.09. The number of hydrogen-bond donors (Lipinski definition) is 1. The van der Waals surface area contributed by atoms with Crippen molar-refractivity contribution >= 4 is 11.6 Å². The fourth-order valence-corrected chi connectivity index (χ4v) is 2.32. The van der Waals surface area contributed by atoms with Crippen LogP contribution < -0.4 is 10.1 Å². The molecular weight excluding hydrogens is 274 g/mol. The van der Waals surface area contributed by atoms with Crippen LogP contribution in [0.5, 0.6) is 5.75 Å². The Morgan fingerprint density at radius 1 is 1.20 bits per heavy atom. The molecule has 1 N–H and O–H groups in total. The molecule has 0 saturated heterocycles. The fraction of sp³-hybridized carbons (Fsp3) is 0.375. The predicted molar refractivity (Wildman–Crippen MR) is 81.5 cm³/mol. The Balaban J connectivity index is 2.19. The van der Waals surface area contributed by atoms with Gasteiger partial charge in [-0.15, -0.1) is 0 Å². The van der Waals surface area contributed by atoms with E-state index in [9.17, 15) is 0 Å². The Morgan fingerprint density at radius 3 is 2.50 bits per heavy atom. The Hall–Kier alpha value is -1.45. The molecule has 0 fully saturated rings. The second kappa shape index (κ2) is 7.36. The normalized spacial score (nSPS) is 12.3. The quantitative estimate of drug-likeness (QED) is 0.820. The van der Waals surface area contributed by atoms with Crippen molar-refractivity contribution in [3.8, 4) is 5.75 Å². The van der Waals surface area contributed by atoms with Crippen LogP contribution >= 0.6 is 11.6 Å². The molecule has 20 heavy (non-hydrogen) atoms. The van der Waals surface area contributed by atoms with Crippen molar-refractivity contribution in [1.29, 1.82) is 0 Å². The van der Waals surface area contributed by atoms with Gasteiger partial charge in [-0.3, -0.25) is 0 Å². The van der Waals surface area contributed by atoms with Crippen LogP contribution in [-0.2, 0) is 0 Å². The maximum absolute atomic E-state index is 6.09. The van der Waals surface area contributed by atoms with Gasteiger partial charge in [-0.1, -0.05) is 26.0 Å². The third kappa shape index (κ3) is 3.56. The van der Waals surface area contributed by atoms with Gasteiger partial charge in [-0.25, -0.2) is 0 Å². The first-order valence-electron chi connectivity index (χ1n) is 6.95. The number of furan rings is 1. The highest BCUT2D eigenvalue weighted by Crippen LogP contribution is 2.30. The molecule has 0 saturated carbocycles. The van der Waals surface area contributed by atoms with E-state index < -0.39 is 0 Å². The second-order valence-electron chi connectivity index (χ2n) is 4.56. The van der Waals surface area contributed by atoms with Gasteiger partial charge in [-0.2, -0.15) is 0 Å². The molecule has 1 aromatic heterocycles. The van der Waals surface area contributed by atoms with Crippen LogP contribution in [0, 0.1) is 0 Å². The lowest BCUT2D eigenvalue weighted by Crippen LogP contribution is -2.21. The van der Waals surface area contributed by atoms with E-state index in [1.54, 1.807) is 6.26 Å². The zero-order valence-corrected chi connectivity index (χ0v) is 12.6. The van der Waals surface area contributed by atoms with E-state index in [4.69, 9.17) is 20.8 Å². The molecule has 0 aliphatic heterocycles. The highest BCUT2D eigenvalue weighted by atomic mass is 35.5. The molecule has 3 nitrogen and oxygen atoms in total. The number of nitrogens with one attached hydrogen (secondary N) is 1. The van der Waals surface area contributed by atoms with Crippen molar-refractivity contribution < 1.29 is 9.15 Å². The summed E-state index contributed by atoms with van der Waals surface area (Å²) in [6.07, 6.45) is 2.62. The van der Waals surface area contributed by atoms with Crippen LogP contribution in [0.25, 0.3) is 0 Å².